The minimum absolute atomic E-state index is 0.115. The fourth-order valence-corrected chi connectivity index (χ4v) is 5.41. The molecule has 1 saturated heterocycles. The van der Waals surface area contributed by atoms with Gasteiger partial charge in [0.2, 0.25) is 15.9 Å². The van der Waals surface area contributed by atoms with Gasteiger partial charge in [-0.25, -0.2) is 13.4 Å². The number of rotatable bonds is 9. The van der Waals surface area contributed by atoms with Crippen molar-refractivity contribution >= 4 is 27.7 Å². The molecular formula is C18H25N5O5S2. The van der Waals surface area contributed by atoms with Crippen LogP contribution in [-0.4, -0.2) is 73.4 Å². The highest BCUT2D eigenvalue weighted by Gasteiger charge is 2.33. The molecule has 1 atom stereocenters. The topological polar surface area (TPSA) is 127 Å². The molecule has 0 spiro atoms. The van der Waals surface area contributed by atoms with Gasteiger partial charge in [-0.1, -0.05) is 11.8 Å². The van der Waals surface area contributed by atoms with Crippen molar-refractivity contribution in [3.8, 4) is 11.5 Å². The summed E-state index contributed by atoms with van der Waals surface area (Å²) in [5, 5.41) is 10.1. The first-order valence-corrected chi connectivity index (χ1v) is 11.9. The van der Waals surface area contributed by atoms with Crippen molar-refractivity contribution in [2.45, 2.75) is 22.9 Å². The molecular weight excluding hydrogens is 430 g/mol. The van der Waals surface area contributed by atoms with Crippen LogP contribution in [0.4, 0.5) is 0 Å². The Morgan fingerprint density at radius 2 is 2.13 bits per heavy atom. The van der Waals surface area contributed by atoms with E-state index in [0.29, 0.717) is 48.3 Å². The Balaban J connectivity index is 1.59. The van der Waals surface area contributed by atoms with Crippen molar-refractivity contribution in [2.24, 2.45) is 5.92 Å². The molecule has 2 aromatic rings. The first-order chi connectivity index (χ1) is 14.5. The van der Waals surface area contributed by atoms with Gasteiger partial charge in [0.15, 0.2) is 16.7 Å². The number of hydrogen-bond donors (Lipinski definition) is 2. The van der Waals surface area contributed by atoms with Crippen LogP contribution in [0.2, 0.25) is 0 Å². The molecule has 0 saturated carbocycles. The third kappa shape index (κ3) is 5.24. The zero-order chi connectivity index (χ0) is 21.6. The van der Waals surface area contributed by atoms with Crippen LogP contribution in [0.3, 0.4) is 0 Å². The predicted octanol–water partition coefficient (Wildman–Crippen LogP) is 1.13. The molecule has 1 aliphatic heterocycles. The molecule has 2 N–H and O–H groups in total. The molecule has 30 heavy (non-hydrogen) atoms. The van der Waals surface area contributed by atoms with E-state index in [9.17, 15) is 13.2 Å². The van der Waals surface area contributed by atoms with Gasteiger partial charge >= 0.3 is 0 Å². The molecule has 10 nitrogen and oxygen atoms in total. The van der Waals surface area contributed by atoms with E-state index in [1.807, 2.05) is 0 Å². The maximum absolute atomic E-state index is 13.1. The fourth-order valence-electron chi connectivity index (χ4n) is 3.23. The van der Waals surface area contributed by atoms with E-state index in [0.717, 1.165) is 0 Å². The van der Waals surface area contributed by atoms with Crippen LogP contribution >= 0.6 is 11.8 Å². The molecule has 2 heterocycles. The Hall–Kier alpha value is -2.31. The summed E-state index contributed by atoms with van der Waals surface area (Å²) in [5.74, 6) is 0.912. The summed E-state index contributed by atoms with van der Waals surface area (Å²) in [7, 11) is -0.802. The lowest BCUT2D eigenvalue weighted by Crippen LogP contribution is -2.45. The van der Waals surface area contributed by atoms with Crippen molar-refractivity contribution in [1.29, 1.82) is 0 Å². The SMILES string of the molecule is COc1ccc(S(=O)(=O)N2CCCC(C(=O)NCCSc3ncn[nH]3)C2)cc1OC. The maximum atomic E-state index is 13.1. The summed E-state index contributed by atoms with van der Waals surface area (Å²) in [6.45, 7) is 0.989. The van der Waals surface area contributed by atoms with Gasteiger partial charge in [0.25, 0.3) is 0 Å². The summed E-state index contributed by atoms with van der Waals surface area (Å²) in [6.07, 6.45) is 2.70. The van der Waals surface area contributed by atoms with Gasteiger partial charge in [-0.15, -0.1) is 0 Å². The number of ether oxygens (including phenoxy) is 2. The first-order valence-electron chi connectivity index (χ1n) is 9.43. The lowest BCUT2D eigenvalue weighted by atomic mass is 9.99. The van der Waals surface area contributed by atoms with E-state index in [1.54, 1.807) is 6.07 Å². The Labute approximate surface area is 179 Å². The molecule has 0 radical (unpaired) electrons. The summed E-state index contributed by atoms with van der Waals surface area (Å²) < 4.78 is 37.9. The average Bonchev–Trinajstić information content (AvgIpc) is 3.29. The zero-order valence-electron chi connectivity index (χ0n) is 16.8. The van der Waals surface area contributed by atoms with Gasteiger partial charge in [0.1, 0.15) is 6.33 Å². The maximum Gasteiger partial charge on any atom is 0.243 e. The summed E-state index contributed by atoms with van der Waals surface area (Å²) in [6, 6.07) is 4.49. The van der Waals surface area contributed by atoms with Gasteiger partial charge < -0.3 is 14.8 Å². The van der Waals surface area contributed by atoms with Crippen LogP contribution in [0.15, 0.2) is 34.6 Å². The van der Waals surface area contributed by atoms with Crippen LogP contribution < -0.4 is 14.8 Å². The van der Waals surface area contributed by atoms with Crippen LogP contribution in [0.5, 0.6) is 11.5 Å². The van der Waals surface area contributed by atoms with Gasteiger partial charge in [0, 0.05) is 31.5 Å². The standard InChI is InChI=1S/C18H25N5O5S2/c1-27-15-6-5-14(10-16(15)28-2)30(25,26)23-8-3-4-13(11-23)17(24)19-7-9-29-18-20-12-21-22-18/h5-6,10,12-13H,3-4,7-9,11H2,1-2H3,(H,19,24)(H,20,21,22). The van der Waals surface area contributed by atoms with E-state index in [2.05, 4.69) is 20.5 Å². The third-order valence-electron chi connectivity index (χ3n) is 4.78. The number of hydrogen-bond acceptors (Lipinski definition) is 8. The highest BCUT2D eigenvalue weighted by Crippen LogP contribution is 2.32. The number of carbonyl (C=O) groups is 1. The van der Waals surface area contributed by atoms with Gasteiger partial charge in [0.05, 0.1) is 25.0 Å². The van der Waals surface area contributed by atoms with Crippen molar-refractivity contribution in [3.63, 3.8) is 0 Å². The van der Waals surface area contributed by atoms with Crippen LogP contribution in [0, 0.1) is 5.92 Å². The average molecular weight is 456 g/mol. The summed E-state index contributed by atoms with van der Waals surface area (Å²) in [4.78, 5) is 16.7. The van der Waals surface area contributed by atoms with Crippen LogP contribution in [0.25, 0.3) is 0 Å². The molecule has 3 rings (SSSR count). The van der Waals surface area contributed by atoms with E-state index in [-0.39, 0.29) is 23.3 Å². The highest BCUT2D eigenvalue weighted by atomic mass is 32.2. The molecule has 1 aromatic carbocycles. The van der Waals surface area contributed by atoms with E-state index < -0.39 is 10.0 Å². The number of carbonyl (C=O) groups excluding carboxylic acids is 1. The molecule has 1 fully saturated rings. The minimum Gasteiger partial charge on any atom is -0.493 e. The Morgan fingerprint density at radius 1 is 1.33 bits per heavy atom. The van der Waals surface area contributed by atoms with Crippen LogP contribution in [0.1, 0.15) is 12.8 Å². The number of methoxy groups -OCH3 is 2. The monoisotopic (exact) mass is 455 g/mol. The second kappa shape index (κ2) is 10.1. The zero-order valence-corrected chi connectivity index (χ0v) is 18.5. The Morgan fingerprint density at radius 3 is 2.83 bits per heavy atom. The largest absolute Gasteiger partial charge is 0.493 e. The number of aromatic amines is 1. The number of nitrogens with zero attached hydrogens (tertiary/aromatic N) is 3. The first kappa shape index (κ1) is 22.4. The van der Waals surface area contributed by atoms with Crippen molar-refractivity contribution < 1.29 is 22.7 Å². The van der Waals surface area contributed by atoms with Gasteiger partial charge in [-0.2, -0.15) is 9.40 Å². The molecule has 0 bridgehead atoms. The van der Waals surface area contributed by atoms with E-state index in [4.69, 9.17) is 9.47 Å². The number of aromatic nitrogens is 3. The number of H-pyrrole nitrogens is 1. The van der Waals surface area contributed by atoms with Crippen molar-refractivity contribution in [3.05, 3.63) is 24.5 Å². The third-order valence-corrected chi connectivity index (χ3v) is 7.52. The smallest absolute Gasteiger partial charge is 0.243 e. The lowest BCUT2D eigenvalue weighted by Gasteiger charge is -2.31. The van der Waals surface area contributed by atoms with Crippen molar-refractivity contribution in [1.82, 2.24) is 24.8 Å². The van der Waals surface area contributed by atoms with Gasteiger partial charge in [-0.05, 0) is 25.0 Å². The number of benzene rings is 1. The van der Waals surface area contributed by atoms with Crippen LogP contribution in [-0.2, 0) is 14.8 Å². The number of amides is 1. The Bertz CT molecular complexity index is 952. The predicted molar refractivity (Wildman–Crippen MR) is 111 cm³/mol. The van der Waals surface area contributed by atoms with Gasteiger partial charge in [-0.3, -0.25) is 9.89 Å². The number of thioether (sulfide) groups is 1. The fraction of sp³-hybridized carbons (Fsp3) is 0.500. The highest BCUT2D eigenvalue weighted by molar-refractivity contribution is 7.99. The molecule has 164 valence electrons. The van der Waals surface area contributed by atoms with E-state index >= 15 is 0 Å². The minimum atomic E-state index is -3.75. The Kier molecular flexibility index (Phi) is 7.56. The second-order valence-corrected chi connectivity index (χ2v) is 9.67. The van der Waals surface area contributed by atoms with Crippen molar-refractivity contribution in [2.75, 3.05) is 39.6 Å². The lowest BCUT2D eigenvalue weighted by molar-refractivity contribution is -0.125. The molecule has 1 aliphatic rings. The summed E-state index contributed by atoms with van der Waals surface area (Å²) >= 11 is 1.45. The molecule has 1 amide bonds. The summed E-state index contributed by atoms with van der Waals surface area (Å²) in [5.41, 5.74) is 0. The second-order valence-electron chi connectivity index (χ2n) is 6.65. The molecule has 12 heteroatoms. The number of sulfonamides is 1. The molecule has 0 aliphatic carbocycles. The normalized spacial score (nSPS) is 17.5. The molecule has 1 aromatic heterocycles. The quantitative estimate of drug-likeness (QED) is 0.426. The number of piperidine rings is 1. The number of nitrogens with one attached hydrogen (secondary N) is 2. The van der Waals surface area contributed by atoms with E-state index in [1.165, 1.54) is 48.7 Å². The molecule has 1 unspecified atom stereocenters.